The second-order valence-corrected chi connectivity index (χ2v) is 3.71. The van der Waals surface area contributed by atoms with Crippen molar-refractivity contribution in [3.05, 3.63) is 30.9 Å². The maximum atomic E-state index is 11.6. The van der Waals surface area contributed by atoms with Crippen LogP contribution >= 0.6 is 0 Å². The van der Waals surface area contributed by atoms with E-state index in [1.165, 1.54) is 6.20 Å². The Kier molecular flexibility index (Phi) is 3.39. The molecule has 0 saturated carbocycles. The Morgan fingerprint density at radius 1 is 1.65 bits per heavy atom. The van der Waals surface area contributed by atoms with Crippen molar-refractivity contribution < 1.29 is 4.79 Å². The van der Waals surface area contributed by atoms with E-state index in [1.54, 1.807) is 17.1 Å². The van der Waals surface area contributed by atoms with Crippen LogP contribution < -0.4 is 10.6 Å². The number of urea groups is 1. The molecule has 1 unspecified atom stereocenters. The van der Waals surface area contributed by atoms with E-state index in [1.807, 2.05) is 19.2 Å². The maximum Gasteiger partial charge on any atom is 0.319 e. The average Bonchev–Trinajstić information content (AvgIpc) is 2.90. The van der Waals surface area contributed by atoms with Gasteiger partial charge in [0.05, 0.1) is 18.4 Å². The van der Waals surface area contributed by atoms with Crippen molar-refractivity contribution in [3.8, 4) is 0 Å². The van der Waals surface area contributed by atoms with Crippen molar-refractivity contribution in [2.75, 3.05) is 5.32 Å². The second-order valence-electron chi connectivity index (χ2n) is 3.71. The molecule has 0 fully saturated rings. The summed E-state index contributed by atoms with van der Waals surface area (Å²) in [6.45, 7) is 2.54. The first-order chi connectivity index (χ1) is 8.24. The Bertz CT molecular complexity index is 449. The normalized spacial score (nSPS) is 12.1. The predicted molar refractivity (Wildman–Crippen MR) is 62.4 cm³/mol. The summed E-state index contributed by atoms with van der Waals surface area (Å²) < 4.78 is 1.77. The number of nitrogens with one attached hydrogen (secondary N) is 3. The van der Waals surface area contributed by atoms with Crippen LogP contribution in [0.25, 0.3) is 0 Å². The highest BCUT2D eigenvalue weighted by atomic mass is 16.2. The molecule has 0 aliphatic rings. The van der Waals surface area contributed by atoms with Crippen molar-refractivity contribution in [1.29, 1.82) is 0 Å². The van der Waals surface area contributed by atoms with Crippen molar-refractivity contribution in [1.82, 2.24) is 25.3 Å². The lowest BCUT2D eigenvalue weighted by Gasteiger charge is -2.13. The zero-order valence-corrected chi connectivity index (χ0v) is 9.42. The fourth-order valence-electron chi connectivity index (χ4n) is 1.44. The van der Waals surface area contributed by atoms with Crippen molar-refractivity contribution >= 4 is 11.7 Å². The fourth-order valence-corrected chi connectivity index (χ4v) is 1.44. The van der Waals surface area contributed by atoms with Crippen LogP contribution in [0.2, 0.25) is 0 Å². The quantitative estimate of drug-likeness (QED) is 0.731. The molecule has 0 aliphatic heterocycles. The lowest BCUT2D eigenvalue weighted by Crippen LogP contribution is -2.38. The van der Waals surface area contributed by atoms with Crippen LogP contribution in [0.1, 0.15) is 6.92 Å². The summed E-state index contributed by atoms with van der Waals surface area (Å²) in [4.78, 5) is 11.6. The minimum atomic E-state index is -0.258. The van der Waals surface area contributed by atoms with Crippen LogP contribution in [0.3, 0.4) is 0 Å². The summed E-state index contributed by atoms with van der Waals surface area (Å²) in [5.41, 5.74) is 0.633. The molecule has 2 amide bonds. The first-order valence-electron chi connectivity index (χ1n) is 5.28. The van der Waals surface area contributed by atoms with Crippen LogP contribution in [-0.4, -0.2) is 32.1 Å². The third kappa shape index (κ3) is 3.33. The van der Waals surface area contributed by atoms with Gasteiger partial charge in [0.1, 0.15) is 0 Å². The van der Waals surface area contributed by atoms with E-state index in [-0.39, 0.29) is 12.1 Å². The van der Waals surface area contributed by atoms with E-state index in [0.717, 1.165) is 0 Å². The molecule has 2 heterocycles. The van der Waals surface area contributed by atoms with Gasteiger partial charge in [0.2, 0.25) is 0 Å². The topological polar surface area (TPSA) is 87.6 Å². The molecule has 17 heavy (non-hydrogen) atoms. The minimum Gasteiger partial charge on any atom is -0.334 e. The summed E-state index contributed by atoms with van der Waals surface area (Å²) >= 11 is 0. The molecule has 0 radical (unpaired) electrons. The zero-order chi connectivity index (χ0) is 12.1. The van der Waals surface area contributed by atoms with E-state index < -0.39 is 0 Å². The number of aromatic nitrogens is 4. The molecule has 0 spiro atoms. The average molecular weight is 234 g/mol. The predicted octanol–water partition coefficient (Wildman–Crippen LogP) is 0.816. The van der Waals surface area contributed by atoms with Gasteiger partial charge < -0.3 is 10.6 Å². The lowest BCUT2D eigenvalue weighted by atomic mass is 10.3. The van der Waals surface area contributed by atoms with Gasteiger partial charge in [-0.1, -0.05) is 0 Å². The first kappa shape index (κ1) is 11.2. The standard InChI is InChI=1S/C10H14N6O/c1-8(7-16-4-2-3-13-16)14-10(17)15-9-5-11-12-6-9/h2-6,8H,7H2,1H3,(H,11,12)(H2,14,15,17). The number of H-pyrrole nitrogens is 1. The largest absolute Gasteiger partial charge is 0.334 e. The van der Waals surface area contributed by atoms with Gasteiger partial charge in [0, 0.05) is 24.6 Å². The molecule has 2 aromatic rings. The van der Waals surface area contributed by atoms with Crippen LogP contribution in [0, 0.1) is 0 Å². The molecular weight excluding hydrogens is 220 g/mol. The smallest absolute Gasteiger partial charge is 0.319 e. The molecule has 0 saturated heterocycles. The van der Waals surface area contributed by atoms with Gasteiger partial charge in [-0.3, -0.25) is 9.78 Å². The van der Waals surface area contributed by atoms with Gasteiger partial charge >= 0.3 is 6.03 Å². The summed E-state index contributed by atoms with van der Waals surface area (Å²) in [6, 6.07) is 1.57. The molecular formula is C10H14N6O. The Balaban J connectivity index is 1.78. The van der Waals surface area contributed by atoms with Gasteiger partial charge in [0.15, 0.2) is 0 Å². The second kappa shape index (κ2) is 5.15. The third-order valence-electron chi connectivity index (χ3n) is 2.15. The molecule has 7 heteroatoms. The minimum absolute atomic E-state index is 0.0122. The fraction of sp³-hybridized carbons (Fsp3) is 0.300. The van der Waals surface area contributed by atoms with Crippen molar-refractivity contribution in [3.63, 3.8) is 0 Å². The summed E-state index contributed by atoms with van der Waals surface area (Å²) in [5, 5.41) is 15.9. The Morgan fingerprint density at radius 3 is 3.18 bits per heavy atom. The number of amides is 2. The number of carbonyl (C=O) groups excluding carboxylic acids is 1. The summed E-state index contributed by atoms with van der Waals surface area (Å²) in [6.07, 6.45) is 6.71. The summed E-state index contributed by atoms with van der Waals surface area (Å²) in [7, 11) is 0. The molecule has 1 atom stereocenters. The van der Waals surface area contributed by atoms with E-state index >= 15 is 0 Å². The Morgan fingerprint density at radius 2 is 2.53 bits per heavy atom. The van der Waals surface area contributed by atoms with Crippen LogP contribution in [0.5, 0.6) is 0 Å². The van der Waals surface area contributed by atoms with Gasteiger partial charge in [-0.2, -0.15) is 10.2 Å². The maximum absolute atomic E-state index is 11.6. The molecule has 90 valence electrons. The third-order valence-corrected chi connectivity index (χ3v) is 2.15. The van der Waals surface area contributed by atoms with Gasteiger partial charge in [-0.15, -0.1) is 0 Å². The van der Waals surface area contributed by atoms with E-state index in [2.05, 4.69) is 25.9 Å². The van der Waals surface area contributed by atoms with Crippen molar-refractivity contribution in [2.45, 2.75) is 19.5 Å². The SMILES string of the molecule is CC(Cn1cccn1)NC(=O)Nc1cn[nH]c1. The lowest BCUT2D eigenvalue weighted by molar-refractivity contribution is 0.247. The number of hydrogen-bond donors (Lipinski definition) is 3. The van der Waals surface area contributed by atoms with Crippen molar-refractivity contribution in [2.24, 2.45) is 0 Å². The summed E-state index contributed by atoms with van der Waals surface area (Å²) in [5.74, 6) is 0. The van der Waals surface area contributed by atoms with Gasteiger partial charge in [0.25, 0.3) is 0 Å². The Hall–Kier alpha value is -2.31. The molecule has 3 N–H and O–H groups in total. The first-order valence-corrected chi connectivity index (χ1v) is 5.28. The molecule has 0 bridgehead atoms. The van der Waals surface area contributed by atoms with Crippen LogP contribution in [-0.2, 0) is 6.54 Å². The molecule has 2 rings (SSSR count). The van der Waals surface area contributed by atoms with E-state index in [9.17, 15) is 4.79 Å². The molecule has 2 aromatic heterocycles. The molecule has 0 aliphatic carbocycles. The molecule has 0 aromatic carbocycles. The monoisotopic (exact) mass is 234 g/mol. The highest BCUT2D eigenvalue weighted by Gasteiger charge is 2.08. The number of carbonyl (C=O) groups is 1. The van der Waals surface area contributed by atoms with Gasteiger partial charge in [-0.25, -0.2) is 4.79 Å². The van der Waals surface area contributed by atoms with Crippen LogP contribution in [0.15, 0.2) is 30.9 Å². The number of aromatic amines is 1. The number of rotatable bonds is 4. The van der Waals surface area contributed by atoms with Gasteiger partial charge in [-0.05, 0) is 13.0 Å². The van der Waals surface area contributed by atoms with Crippen LogP contribution in [0.4, 0.5) is 10.5 Å². The zero-order valence-electron chi connectivity index (χ0n) is 9.42. The number of hydrogen-bond acceptors (Lipinski definition) is 3. The Labute approximate surface area is 98.2 Å². The van der Waals surface area contributed by atoms with E-state index in [4.69, 9.17) is 0 Å². The molecule has 7 nitrogen and oxygen atoms in total. The highest BCUT2D eigenvalue weighted by Crippen LogP contribution is 2.00. The van der Waals surface area contributed by atoms with E-state index in [0.29, 0.717) is 12.2 Å². The highest BCUT2D eigenvalue weighted by molar-refractivity contribution is 5.88. The number of anilines is 1. The number of nitrogens with zero attached hydrogens (tertiary/aromatic N) is 3.